The van der Waals surface area contributed by atoms with Crippen molar-refractivity contribution in [2.24, 2.45) is 0 Å². The van der Waals surface area contributed by atoms with Crippen LogP contribution in [-0.4, -0.2) is 38.5 Å². The molecule has 1 atom stereocenters. The van der Waals surface area contributed by atoms with Crippen molar-refractivity contribution in [1.82, 2.24) is 5.32 Å². The fraction of sp³-hybridized carbons (Fsp3) is 1.00. The zero-order valence-electron chi connectivity index (χ0n) is 11.6. The molecular formula is C13H29NO2. The fourth-order valence-electron chi connectivity index (χ4n) is 1.66. The molecule has 16 heavy (non-hydrogen) atoms. The highest BCUT2D eigenvalue weighted by atomic mass is 16.5. The van der Waals surface area contributed by atoms with E-state index < -0.39 is 0 Å². The molecule has 1 N–H and O–H groups in total. The van der Waals surface area contributed by atoms with Crippen molar-refractivity contribution in [3.8, 4) is 0 Å². The Morgan fingerprint density at radius 1 is 1.25 bits per heavy atom. The first kappa shape index (κ1) is 15.9. The minimum absolute atomic E-state index is 0.0366. The molecule has 0 saturated heterocycles. The summed E-state index contributed by atoms with van der Waals surface area (Å²) in [5, 5.41) is 3.49. The van der Waals surface area contributed by atoms with Crippen molar-refractivity contribution in [2.75, 3.05) is 26.9 Å². The van der Waals surface area contributed by atoms with E-state index >= 15 is 0 Å². The van der Waals surface area contributed by atoms with Crippen LogP contribution in [0.15, 0.2) is 0 Å². The van der Waals surface area contributed by atoms with Crippen molar-refractivity contribution in [1.29, 1.82) is 0 Å². The monoisotopic (exact) mass is 231 g/mol. The molecule has 0 bridgehead atoms. The van der Waals surface area contributed by atoms with Crippen molar-refractivity contribution in [3.63, 3.8) is 0 Å². The van der Waals surface area contributed by atoms with E-state index in [4.69, 9.17) is 9.47 Å². The lowest BCUT2D eigenvalue weighted by Crippen LogP contribution is -2.36. The van der Waals surface area contributed by atoms with E-state index in [1.165, 1.54) is 0 Å². The number of ether oxygens (including phenoxy) is 2. The molecular weight excluding hydrogens is 202 g/mol. The van der Waals surface area contributed by atoms with Crippen LogP contribution in [0.25, 0.3) is 0 Å². The predicted octanol–water partition coefficient (Wildman–Crippen LogP) is 2.60. The molecule has 0 rings (SSSR count). The molecule has 0 aromatic heterocycles. The number of nitrogens with one attached hydrogen (secondary N) is 1. The Kier molecular flexibility index (Phi) is 8.90. The lowest BCUT2D eigenvalue weighted by Gasteiger charge is -2.27. The van der Waals surface area contributed by atoms with Gasteiger partial charge < -0.3 is 14.8 Å². The van der Waals surface area contributed by atoms with Crippen molar-refractivity contribution in [3.05, 3.63) is 0 Å². The van der Waals surface area contributed by atoms with Gasteiger partial charge in [0.15, 0.2) is 0 Å². The average Bonchev–Trinajstić information content (AvgIpc) is 2.22. The maximum atomic E-state index is 5.42. The van der Waals surface area contributed by atoms with Gasteiger partial charge in [0.05, 0.1) is 5.60 Å². The van der Waals surface area contributed by atoms with Crippen molar-refractivity contribution >= 4 is 0 Å². The third-order valence-corrected chi connectivity index (χ3v) is 2.66. The first-order chi connectivity index (χ1) is 7.52. The number of hydrogen-bond donors (Lipinski definition) is 1. The van der Waals surface area contributed by atoms with Crippen molar-refractivity contribution in [2.45, 2.75) is 58.6 Å². The topological polar surface area (TPSA) is 30.5 Å². The normalized spacial score (nSPS) is 14.1. The van der Waals surface area contributed by atoms with Gasteiger partial charge in [-0.3, -0.25) is 0 Å². The average molecular weight is 231 g/mol. The zero-order valence-corrected chi connectivity index (χ0v) is 11.6. The summed E-state index contributed by atoms with van der Waals surface area (Å²) in [4.78, 5) is 0. The minimum Gasteiger partial charge on any atom is -0.381 e. The van der Waals surface area contributed by atoms with Crippen molar-refractivity contribution < 1.29 is 9.47 Å². The van der Waals surface area contributed by atoms with E-state index in [1.807, 2.05) is 0 Å². The molecule has 0 radical (unpaired) electrons. The molecule has 0 heterocycles. The van der Waals surface area contributed by atoms with Crippen LogP contribution < -0.4 is 5.32 Å². The molecule has 0 fully saturated rings. The lowest BCUT2D eigenvalue weighted by molar-refractivity contribution is 0.00844. The van der Waals surface area contributed by atoms with Crippen LogP contribution in [0.2, 0.25) is 0 Å². The smallest absolute Gasteiger partial charge is 0.0637 e. The fourth-order valence-corrected chi connectivity index (χ4v) is 1.66. The predicted molar refractivity (Wildman–Crippen MR) is 68.9 cm³/mol. The van der Waals surface area contributed by atoms with E-state index in [0.29, 0.717) is 6.04 Å². The summed E-state index contributed by atoms with van der Waals surface area (Å²) < 4.78 is 10.8. The van der Waals surface area contributed by atoms with Gasteiger partial charge in [0.2, 0.25) is 0 Å². The van der Waals surface area contributed by atoms with Gasteiger partial charge in [0, 0.05) is 26.4 Å². The van der Waals surface area contributed by atoms with Crippen LogP contribution >= 0.6 is 0 Å². The Morgan fingerprint density at radius 2 is 1.94 bits per heavy atom. The molecule has 0 aliphatic heterocycles. The number of rotatable bonds is 10. The van der Waals surface area contributed by atoms with Crippen LogP contribution in [-0.2, 0) is 9.47 Å². The second kappa shape index (κ2) is 8.97. The van der Waals surface area contributed by atoms with Gasteiger partial charge in [0.25, 0.3) is 0 Å². The number of hydrogen-bond acceptors (Lipinski definition) is 3. The molecule has 0 aromatic rings. The molecule has 0 aliphatic carbocycles. The second-order valence-electron chi connectivity index (χ2n) is 4.99. The maximum absolute atomic E-state index is 5.42. The summed E-state index contributed by atoms with van der Waals surface area (Å²) in [6.45, 7) is 11.3. The molecule has 1 unspecified atom stereocenters. The molecule has 0 spiro atoms. The summed E-state index contributed by atoms with van der Waals surface area (Å²) in [5.74, 6) is 0. The van der Waals surface area contributed by atoms with E-state index in [-0.39, 0.29) is 5.60 Å². The minimum atomic E-state index is -0.0366. The van der Waals surface area contributed by atoms with E-state index in [0.717, 1.165) is 39.0 Å². The lowest BCUT2D eigenvalue weighted by atomic mass is 10.00. The van der Waals surface area contributed by atoms with Crippen LogP contribution in [0.3, 0.4) is 0 Å². The van der Waals surface area contributed by atoms with Crippen LogP contribution in [0.5, 0.6) is 0 Å². The van der Waals surface area contributed by atoms with Gasteiger partial charge in [-0.15, -0.1) is 0 Å². The van der Waals surface area contributed by atoms with Crippen LogP contribution in [0.4, 0.5) is 0 Å². The summed E-state index contributed by atoms with van der Waals surface area (Å²) in [6, 6.07) is 0.487. The third-order valence-electron chi connectivity index (χ3n) is 2.66. The maximum Gasteiger partial charge on any atom is 0.0637 e. The van der Waals surface area contributed by atoms with Crippen LogP contribution in [0.1, 0.15) is 47.0 Å². The first-order valence-corrected chi connectivity index (χ1v) is 6.38. The Hall–Kier alpha value is -0.120. The molecule has 3 nitrogen and oxygen atoms in total. The van der Waals surface area contributed by atoms with E-state index in [1.54, 1.807) is 7.11 Å². The Labute approximate surface area is 101 Å². The molecule has 98 valence electrons. The van der Waals surface area contributed by atoms with Gasteiger partial charge >= 0.3 is 0 Å². The van der Waals surface area contributed by atoms with Gasteiger partial charge in [0.1, 0.15) is 0 Å². The quantitative estimate of drug-likeness (QED) is 0.586. The molecule has 0 saturated carbocycles. The van der Waals surface area contributed by atoms with Gasteiger partial charge in [-0.1, -0.05) is 6.92 Å². The van der Waals surface area contributed by atoms with Gasteiger partial charge in [-0.2, -0.15) is 0 Å². The Morgan fingerprint density at radius 3 is 2.50 bits per heavy atom. The highest BCUT2D eigenvalue weighted by Gasteiger charge is 2.19. The largest absolute Gasteiger partial charge is 0.381 e. The highest BCUT2D eigenvalue weighted by Crippen LogP contribution is 2.15. The van der Waals surface area contributed by atoms with Gasteiger partial charge in [-0.05, 0) is 46.6 Å². The Bertz CT molecular complexity index is 160. The molecule has 0 amide bonds. The summed E-state index contributed by atoms with van der Waals surface area (Å²) >= 11 is 0. The molecule has 0 aliphatic rings. The number of methoxy groups -OCH3 is 1. The SMILES string of the molecule is CCCOCCCNC(C)CC(C)(C)OC. The highest BCUT2D eigenvalue weighted by molar-refractivity contribution is 4.75. The summed E-state index contributed by atoms with van der Waals surface area (Å²) in [7, 11) is 1.77. The standard InChI is InChI=1S/C13H29NO2/c1-6-9-16-10-7-8-14-12(2)11-13(3,4)15-5/h12,14H,6-11H2,1-5H3. The summed E-state index contributed by atoms with van der Waals surface area (Å²) in [5.41, 5.74) is -0.0366. The molecule has 3 heteroatoms. The third kappa shape index (κ3) is 9.13. The summed E-state index contributed by atoms with van der Waals surface area (Å²) in [6.07, 6.45) is 3.21. The van der Waals surface area contributed by atoms with Gasteiger partial charge in [-0.25, -0.2) is 0 Å². The zero-order chi connectivity index (χ0) is 12.4. The second-order valence-corrected chi connectivity index (χ2v) is 4.99. The Balaban J connectivity index is 3.40. The van der Waals surface area contributed by atoms with E-state index in [9.17, 15) is 0 Å². The molecule has 0 aromatic carbocycles. The van der Waals surface area contributed by atoms with Crippen LogP contribution in [0, 0.1) is 0 Å². The van der Waals surface area contributed by atoms with E-state index in [2.05, 4.69) is 33.0 Å². The first-order valence-electron chi connectivity index (χ1n) is 6.38.